The van der Waals surface area contributed by atoms with Crippen LogP contribution in [0.3, 0.4) is 0 Å². The van der Waals surface area contributed by atoms with Crippen LogP contribution in [0, 0.1) is 5.92 Å². The number of rotatable bonds is 7. The molecule has 3 nitrogen and oxygen atoms in total. The van der Waals surface area contributed by atoms with Crippen LogP contribution in [0.15, 0.2) is 24.3 Å². The van der Waals surface area contributed by atoms with E-state index in [4.69, 9.17) is 11.6 Å². The second-order valence-electron chi connectivity index (χ2n) is 5.09. The molecule has 0 aromatic heterocycles. The second kappa shape index (κ2) is 6.80. The maximum atomic E-state index is 11.7. The molecule has 1 aromatic rings. The van der Waals surface area contributed by atoms with Crippen molar-refractivity contribution in [2.75, 3.05) is 5.32 Å². The third-order valence-corrected chi connectivity index (χ3v) is 3.89. The second-order valence-corrected chi connectivity index (χ2v) is 5.53. The minimum atomic E-state index is -0.913. The summed E-state index contributed by atoms with van der Waals surface area (Å²) < 4.78 is 0. The van der Waals surface area contributed by atoms with E-state index in [9.17, 15) is 9.90 Å². The van der Waals surface area contributed by atoms with Gasteiger partial charge in [-0.05, 0) is 43.0 Å². The highest BCUT2D eigenvalue weighted by molar-refractivity contribution is 6.30. The molecule has 0 aliphatic rings. The van der Waals surface area contributed by atoms with Crippen molar-refractivity contribution in [3.05, 3.63) is 29.3 Å². The first kappa shape index (κ1) is 15.8. The molecule has 106 valence electrons. The Balaban J connectivity index is 2.96. The van der Waals surface area contributed by atoms with E-state index in [1.807, 2.05) is 19.1 Å². The molecule has 0 fully saturated rings. The molecule has 0 radical (unpaired) electrons. The highest BCUT2D eigenvalue weighted by Gasteiger charge is 2.37. The number of aliphatic carboxylic acids is 1. The highest BCUT2D eigenvalue weighted by atomic mass is 35.5. The van der Waals surface area contributed by atoms with Gasteiger partial charge >= 0.3 is 5.97 Å². The van der Waals surface area contributed by atoms with Crippen LogP contribution in [0.2, 0.25) is 5.02 Å². The van der Waals surface area contributed by atoms with Gasteiger partial charge in [-0.3, -0.25) is 0 Å². The van der Waals surface area contributed by atoms with Crippen LogP contribution in [-0.2, 0) is 4.79 Å². The van der Waals surface area contributed by atoms with Crippen molar-refractivity contribution in [1.82, 2.24) is 0 Å². The zero-order valence-electron chi connectivity index (χ0n) is 11.7. The Morgan fingerprint density at radius 1 is 1.37 bits per heavy atom. The molecule has 1 aromatic carbocycles. The molecule has 2 N–H and O–H groups in total. The Morgan fingerprint density at radius 3 is 2.37 bits per heavy atom. The molecule has 0 aliphatic heterocycles. The van der Waals surface area contributed by atoms with Gasteiger partial charge in [0.2, 0.25) is 0 Å². The van der Waals surface area contributed by atoms with Gasteiger partial charge < -0.3 is 10.4 Å². The number of benzene rings is 1. The third kappa shape index (κ3) is 4.13. The van der Waals surface area contributed by atoms with E-state index in [1.54, 1.807) is 12.1 Å². The normalized spacial score (nSPS) is 15.6. The number of hydrogen-bond donors (Lipinski definition) is 2. The lowest BCUT2D eigenvalue weighted by Crippen LogP contribution is -2.47. The number of carboxylic acid groups (broad SMARTS) is 1. The molecule has 0 saturated heterocycles. The molecular formula is C15H22ClNO2. The molecule has 2 atom stereocenters. The molecule has 0 amide bonds. The van der Waals surface area contributed by atoms with Gasteiger partial charge in [-0.2, -0.15) is 0 Å². The standard InChI is InChI=1S/C15H22ClNO2/c1-4-11(3)10-15(5-2,14(18)19)17-13-8-6-12(16)7-9-13/h6-9,11,17H,4-5,10H2,1-3H3,(H,18,19). The first-order valence-electron chi connectivity index (χ1n) is 6.70. The fraction of sp³-hybridized carbons (Fsp3) is 0.533. The molecular weight excluding hydrogens is 262 g/mol. The van der Waals surface area contributed by atoms with Gasteiger partial charge in [0.1, 0.15) is 5.54 Å². The molecule has 19 heavy (non-hydrogen) atoms. The molecule has 0 heterocycles. The Morgan fingerprint density at radius 2 is 1.95 bits per heavy atom. The van der Waals surface area contributed by atoms with Gasteiger partial charge in [-0.15, -0.1) is 0 Å². The maximum Gasteiger partial charge on any atom is 0.329 e. The van der Waals surface area contributed by atoms with Crippen LogP contribution < -0.4 is 5.32 Å². The topological polar surface area (TPSA) is 49.3 Å². The summed E-state index contributed by atoms with van der Waals surface area (Å²) in [7, 11) is 0. The summed E-state index contributed by atoms with van der Waals surface area (Å²) in [6.07, 6.45) is 2.12. The fourth-order valence-corrected chi connectivity index (χ4v) is 2.25. The summed E-state index contributed by atoms with van der Waals surface area (Å²) >= 11 is 5.84. The van der Waals surface area contributed by atoms with Crippen LogP contribution in [0.25, 0.3) is 0 Å². The number of carbonyl (C=O) groups is 1. The summed E-state index contributed by atoms with van der Waals surface area (Å²) in [6, 6.07) is 7.14. The Hall–Kier alpha value is -1.22. The van der Waals surface area contributed by atoms with Gasteiger partial charge in [-0.1, -0.05) is 38.8 Å². The zero-order valence-corrected chi connectivity index (χ0v) is 12.5. The van der Waals surface area contributed by atoms with Gasteiger partial charge in [0.15, 0.2) is 0 Å². The van der Waals surface area contributed by atoms with Crippen molar-refractivity contribution in [3.8, 4) is 0 Å². The summed E-state index contributed by atoms with van der Waals surface area (Å²) in [6.45, 7) is 6.06. The van der Waals surface area contributed by atoms with E-state index in [0.29, 0.717) is 23.8 Å². The van der Waals surface area contributed by atoms with E-state index in [2.05, 4.69) is 19.2 Å². The highest BCUT2D eigenvalue weighted by Crippen LogP contribution is 2.28. The largest absolute Gasteiger partial charge is 0.480 e. The zero-order chi connectivity index (χ0) is 14.5. The Kier molecular flexibility index (Phi) is 5.67. The summed E-state index contributed by atoms with van der Waals surface area (Å²) in [5.74, 6) is -0.443. The third-order valence-electron chi connectivity index (χ3n) is 3.63. The predicted molar refractivity (Wildman–Crippen MR) is 79.8 cm³/mol. The molecule has 0 aliphatic carbocycles. The number of nitrogens with one attached hydrogen (secondary N) is 1. The molecule has 0 saturated carbocycles. The summed E-state index contributed by atoms with van der Waals surface area (Å²) in [5.41, 5.74) is -0.125. The van der Waals surface area contributed by atoms with E-state index >= 15 is 0 Å². The Bertz CT molecular complexity index is 419. The minimum absolute atomic E-state index is 0.357. The lowest BCUT2D eigenvalue weighted by molar-refractivity contribution is -0.143. The van der Waals surface area contributed by atoms with Crippen molar-refractivity contribution < 1.29 is 9.90 Å². The molecule has 0 spiro atoms. The minimum Gasteiger partial charge on any atom is -0.480 e. The smallest absolute Gasteiger partial charge is 0.329 e. The average molecular weight is 284 g/mol. The van der Waals surface area contributed by atoms with Gasteiger partial charge in [0.25, 0.3) is 0 Å². The monoisotopic (exact) mass is 283 g/mol. The number of halogens is 1. The number of hydrogen-bond acceptors (Lipinski definition) is 2. The van der Waals surface area contributed by atoms with Crippen LogP contribution in [0.5, 0.6) is 0 Å². The van der Waals surface area contributed by atoms with Gasteiger partial charge in [0.05, 0.1) is 0 Å². The predicted octanol–water partition coefficient (Wildman–Crippen LogP) is 4.42. The van der Waals surface area contributed by atoms with E-state index < -0.39 is 11.5 Å². The van der Waals surface area contributed by atoms with E-state index in [0.717, 1.165) is 12.1 Å². The van der Waals surface area contributed by atoms with Crippen molar-refractivity contribution >= 4 is 23.3 Å². The first-order chi connectivity index (χ1) is 8.93. The van der Waals surface area contributed by atoms with Gasteiger partial charge in [0, 0.05) is 10.7 Å². The van der Waals surface area contributed by atoms with Crippen LogP contribution in [0.4, 0.5) is 5.69 Å². The van der Waals surface area contributed by atoms with Crippen molar-refractivity contribution in [2.45, 2.75) is 45.6 Å². The van der Waals surface area contributed by atoms with Crippen LogP contribution in [-0.4, -0.2) is 16.6 Å². The number of anilines is 1. The van der Waals surface area contributed by atoms with Crippen molar-refractivity contribution in [3.63, 3.8) is 0 Å². The summed E-state index contributed by atoms with van der Waals surface area (Å²) in [4.78, 5) is 11.7. The molecule has 2 unspecified atom stereocenters. The van der Waals surface area contributed by atoms with Crippen LogP contribution >= 0.6 is 11.6 Å². The summed E-state index contributed by atoms with van der Waals surface area (Å²) in [5, 5.41) is 13.4. The lowest BCUT2D eigenvalue weighted by atomic mass is 9.84. The average Bonchev–Trinajstić information content (AvgIpc) is 2.40. The maximum absolute atomic E-state index is 11.7. The quantitative estimate of drug-likeness (QED) is 0.779. The number of carboxylic acids is 1. The van der Waals surface area contributed by atoms with Crippen molar-refractivity contribution in [1.29, 1.82) is 0 Å². The SMILES string of the molecule is CCC(C)CC(CC)(Nc1ccc(Cl)cc1)C(=O)O. The van der Waals surface area contributed by atoms with Gasteiger partial charge in [-0.25, -0.2) is 4.79 Å². The molecule has 1 rings (SSSR count). The first-order valence-corrected chi connectivity index (χ1v) is 7.08. The molecule has 0 bridgehead atoms. The Labute approximate surface area is 120 Å². The van der Waals surface area contributed by atoms with Crippen molar-refractivity contribution in [2.24, 2.45) is 5.92 Å². The van der Waals surface area contributed by atoms with E-state index in [1.165, 1.54) is 0 Å². The van der Waals surface area contributed by atoms with E-state index in [-0.39, 0.29) is 0 Å². The lowest BCUT2D eigenvalue weighted by Gasteiger charge is -2.32. The fourth-order valence-electron chi connectivity index (χ4n) is 2.12. The van der Waals surface area contributed by atoms with Crippen LogP contribution in [0.1, 0.15) is 40.0 Å². The molecule has 4 heteroatoms.